The van der Waals surface area contributed by atoms with Crippen LogP contribution < -0.4 is 0 Å². The predicted octanol–water partition coefficient (Wildman–Crippen LogP) is 7.51. The summed E-state index contributed by atoms with van der Waals surface area (Å²) in [5, 5.41) is 0. The molecule has 3 atom stereocenters. The SMILES string of the molecule is CC1=[C-]C(C)C(C)=C1.CC1=[C-]C(C)C=C1C.CC1=[C-]C(C)C=C1C.[CH3-].[CH3-].[Si]=[Zr]. The van der Waals surface area contributed by atoms with E-state index in [1.807, 2.05) is 0 Å². The normalized spacial score (nSPS) is 23.8. The van der Waals surface area contributed by atoms with Gasteiger partial charge in [-0.3, -0.25) is 18.2 Å². The van der Waals surface area contributed by atoms with Gasteiger partial charge < -0.3 is 14.9 Å². The fraction of sp³-hybridized carbons (Fsp3) is 0.462. The molecular weight excluding hydrogens is 432 g/mol. The minimum atomic E-state index is 0. The van der Waals surface area contributed by atoms with Gasteiger partial charge in [-0.15, -0.1) is 13.8 Å². The van der Waals surface area contributed by atoms with Crippen molar-refractivity contribution in [1.82, 2.24) is 0 Å². The van der Waals surface area contributed by atoms with Crippen LogP contribution in [0.15, 0.2) is 51.7 Å². The van der Waals surface area contributed by atoms with Crippen LogP contribution in [0.1, 0.15) is 62.3 Å². The zero-order valence-corrected chi connectivity index (χ0v) is 23.4. The third-order valence-corrected chi connectivity index (χ3v) is 4.64. The third kappa shape index (κ3) is 12.2. The van der Waals surface area contributed by atoms with E-state index in [0.29, 0.717) is 17.8 Å². The molecule has 0 aromatic carbocycles. The van der Waals surface area contributed by atoms with Gasteiger partial charge in [0.25, 0.3) is 0 Å². The van der Waals surface area contributed by atoms with Crippen molar-refractivity contribution < 1.29 is 23.3 Å². The van der Waals surface area contributed by atoms with Crippen molar-refractivity contribution in [2.45, 2.75) is 62.3 Å². The summed E-state index contributed by atoms with van der Waals surface area (Å²) in [5.74, 6) is 1.67. The molecule has 3 aliphatic carbocycles. The van der Waals surface area contributed by atoms with Gasteiger partial charge in [-0.05, 0) is 0 Å². The summed E-state index contributed by atoms with van der Waals surface area (Å²) in [6, 6.07) is 0. The molecule has 3 rings (SSSR count). The first-order chi connectivity index (χ1) is 12.1. The maximum absolute atomic E-state index is 3.29. The number of rotatable bonds is 0. The number of hydrogen-bond acceptors (Lipinski definition) is 0. The summed E-state index contributed by atoms with van der Waals surface area (Å²) in [6.07, 6.45) is 16.5. The van der Waals surface area contributed by atoms with Gasteiger partial charge in [0.15, 0.2) is 0 Å². The van der Waals surface area contributed by atoms with Crippen LogP contribution in [-0.4, -0.2) is 6.88 Å². The topological polar surface area (TPSA) is 0 Å². The molecule has 2 radical (unpaired) electrons. The van der Waals surface area contributed by atoms with E-state index in [9.17, 15) is 0 Å². The molecule has 0 nitrogen and oxygen atoms in total. The molecule has 0 aromatic rings. The first-order valence-electron chi connectivity index (χ1n) is 9.21. The standard InChI is InChI=1S/3C8H11.2CH3.Si.Zr/c3*1-6-4-7(2)8(3)5-6;;;;/h4,8H,1-3H3;2*4,6H,1-3H3;2*1H3;;/q5*-1;;. The summed E-state index contributed by atoms with van der Waals surface area (Å²) in [5.41, 5.74) is 8.13. The van der Waals surface area contributed by atoms with Gasteiger partial charge in [-0.25, -0.2) is 33.9 Å². The van der Waals surface area contributed by atoms with E-state index < -0.39 is 0 Å². The summed E-state index contributed by atoms with van der Waals surface area (Å²) < 4.78 is 0. The molecule has 3 aliphatic rings. The van der Waals surface area contributed by atoms with Gasteiger partial charge in [0, 0.05) is 0 Å². The average Bonchev–Trinajstić information content (AvgIpc) is 3.12. The van der Waals surface area contributed by atoms with Crippen LogP contribution in [0.25, 0.3) is 0 Å². The molecule has 0 N–H and O–H groups in total. The Morgan fingerprint density at radius 3 is 1.14 bits per heavy atom. The first-order valence-corrected chi connectivity index (χ1v) is 13.4. The Morgan fingerprint density at radius 2 is 1.07 bits per heavy atom. The molecule has 0 amide bonds. The van der Waals surface area contributed by atoms with Crippen molar-refractivity contribution in [3.05, 3.63) is 84.7 Å². The summed E-state index contributed by atoms with van der Waals surface area (Å²) >= 11 is 1.36. The van der Waals surface area contributed by atoms with Crippen LogP contribution in [0.5, 0.6) is 0 Å². The number of allylic oxidation sites excluding steroid dienone is 12. The van der Waals surface area contributed by atoms with Crippen molar-refractivity contribution in [1.29, 1.82) is 0 Å². The second kappa shape index (κ2) is 16.3. The Bertz CT molecular complexity index is 582. The van der Waals surface area contributed by atoms with Crippen LogP contribution in [0.3, 0.4) is 0 Å². The Labute approximate surface area is 194 Å². The van der Waals surface area contributed by atoms with Crippen molar-refractivity contribution in [2.24, 2.45) is 17.8 Å². The zero-order chi connectivity index (χ0) is 20.4. The predicted molar refractivity (Wildman–Crippen MR) is 125 cm³/mol. The Kier molecular flexibility index (Phi) is 18.8. The maximum atomic E-state index is 3.29. The van der Waals surface area contributed by atoms with Crippen LogP contribution >= 0.6 is 0 Å². The van der Waals surface area contributed by atoms with E-state index in [1.54, 1.807) is 0 Å². The summed E-state index contributed by atoms with van der Waals surface area (Å²) in [6.45, 7) is 22.2. The van der Waals surface area contributed by atoms with Gasteiger partial charge in [0.2, 0.25) is 0 Å². The molecule has 0 aromatic heterocycles. The fourth-order valence-corrected chi connectivity index (χ4v) is 2.96. The van der Waals surface area contributed by atoms with Gasteiger partial charge in [0.05, 0.1) is 0 Å². The van der Waals surface area contributed by atoms with Crippen LogP contribution in [0.4, 0.5) is 0 Å². The summed E-state index contributed by atoms with van der Waals surface area (Å²) in [7, 11) is 0. The Morgan fingerprint density at radius 1 is 0.714 bits per heavy atom. The molecule has 0 spiro atoms. The van der Waals surface area contributed by atoms with Gasteiger partial charge >= 0.3 is 30.2 Å². The van der Waals surface area contributed by atoms with Crippen LogP contribution in [0.2, 0.25) is 0 Å². The van der Waals surface area contributed by atoms with Crippen LogP contribution in [0, 0.1) is 50.8 Å². The molecule has 0 fully saturated rings. The first kappa shape index (κ1) is 32.2. The van der Waals surface area contributed by atoms with Crippen molar-refractivity contribution >= 4 is 6.88 Å². The molecule has 156 valence electrons. The van der Waals surface area contributed by atoms with E-state index in [0.717, 1.165) is 0 Å². The van der Waals surface area contributed by atoms with E-state index in [2.05, 4.69) is 106 Å². The monoisotopic (exact) mass is 469 g/mol. The van der Waals surface area contributed by atoms with Gasteiger partial charge in [0.1, 0.15) is 0 Å². The molecular formula is C26H39SiZr-5. The Hall–Kier alpha value is -0.460. The molecule has 0 bridgehead atoms. The third-order valence-electron chi connectivity index (χ3n) is 4.64. The zero-order valence-electron chi connectivity index (χ0n) is 20.0. The summed E-state index contributed by atoms with van der Waals surface area (Å²) in [4.78, 5) is 0. The molecule has 3 unspecified atom stereocenters. The second-order valence-electron chi connectivity index (χ2n) is 7.25. The van der Waals surface area contributed by atoms with E-state index in [-0.39, 0.29) is 14.9 Å². The second-order valence-corrected chi connectivity index (χ2v) is 7.25. The van der Waals surface area contributed by atoms with Crippen molar-refractivity contribution in [2.75, 3.05) is 0 Å². The fourth-order valence-electron chi connectivity index (χ4n) is 2.96. The molecule has 0 saturated heterocycles. The molecule has 0 aliphatic heterocycles. The van der Waals surface area contributed by atoms with Crippen molar-refractivity contribution in [3.63, 3.8) is 0 Å². The van der Waals surface area contributed by atoms with Gasteiger partial charge in [-0.1, -0.05) is 66.2 Å². The minimum absolute atomic E-state index is 0. The van der Waals surface area contributed by atoms with Crippen molar-refractivity contribution in [3.8, 4) is 0 Å². The molecule has 28 heavy (non-hydrogen) atoms. The van der Waals surface area contributed by atoms with E-state index in [4.69, 9.17) is 0 Å². The Balaban J connectivity index is -0.000000310. The molecule has 0 saturated carbocycles. The number of hydrogen-bond donors (Lipinski definition) is 0. The van der Waals surface area contributed by atoms with Gasteiger partial charge in [-0.2, -0.15) is 17.7 Å². The average molecular weight is 471 g/mol. The quantitative estimate of drug-likeness (QED) is 0.254. The van der Waals surface area contributed by atoms with Crippen LogP contribution in [-0.2, 0) is 23.3 Å². The van der Waals surface area contributed by atoms with E-state index >= 15 is 0 Å². The molecule has 0 heterocycles. The van der Waals surface area contributed by atoms with E-state index in [1.165, 1.54) is 56.8 Å². The molecule has 2 heteroatoms.